The summed E-state index contributed by atoms with van der Waals surface area (Å²) >= 11 is 0. The number of phenolic OH excluding ortho intramolecular Hbond substituents is 1. The van der Waals surface area contributed by atoms with Crippen LogP contribution >= 0.6 is 7.75 Å². The number of carbonyl (C=O) groups is 1. The molecule has 0 fully saturated rings. The molecule has 46 heavy (non-hydrogen) atoms. The van der Waals surface area contributed by atoms with Crippen molar-refractivity contribution in [2.24, 2.45) is 0 Å². The maximum atomic E-state index is 14.8. The smallest absolute Gasteiger partial charge is 0.406 e. The van der Waals surface area contributed by atoms with E-state index in [2.05, 4.69) is 53.6 Å². The van der Waals surface area contributed by atoms with Crippen molar-refractivity contribution in [3.8, 4) is 28.0 Å². The van der Waals surface area contributed by atoms with E-state index in [1.165, 1.54) is 7.11 Å². The highest BCUT2D eigenvalue weighted by Gasteiger charge is 2.38. The molecule has 0 heterocycles. The quantitative estimate of drug-likeness (QED) is 0.113. The molecule has 0 unspecified atom stereocenters. The third-order valence-corrected chi connectivity index (χ3v) is 10.5. The highest BCUT2D eigenvalue weighted by Crippen LogP contribution is 2.52. The highest BCUT2D eigenvalue weighted by molar-refractivity contribution is 7.51. The van der Waals surface area contributed by atoms with Crippen LogP contribution in [0.3, 0.4) is 0 Å². The Kier molecular flexibility index (Phi) is 8.33. The van der Waals surface area contributed by atoms with Crippen LogP contribution in [0.4, 0.5) is 0 Å². The molecule has 0 spiro atoms. The largest absolute Gasteiger partial charge is 0.508 e. The van der Waals surface area contributed by atoms with Gasteiger partial charge < -0.3 is 9.84 Å². The summed E-state index contributed by atoms with van der Waals surface area (Å²) in [4.78, 5) is 13.1. The summed E-state index contributed by atoms with van der Waals surface area (Å²) in [6.45, 7) is 0.145. The molecule has 0 amide bonds. The zero-order valence-electron chi connectivity index (χ0n) is 25.3. The summed E-state index contributed by atoms with van der Waals surface area (Å²) in [5.41, 5.74) is 9.56. The maximum Gasteiger partial charge on any atom is 0.406 e. The normalized spacial score (nSPS) is 14.3. The van der Waals surface area contributed by atoms with Crippen molar-refractivity contribution in [2.45, 2.75) is 24.3 Å². The summed E-state index contributed by atoms with van der Waals surface area (Å²) in [5.74, 6) is -0.841. The summed E-state index contributed by atoms with van der Waals surface area (Å²) in [6, 6.07) is 38.1. The van der Waals surface area contributed by atoms with Crippen LogP contribution in [0.1, 0.15) is 39.7 Å². The van der Waals surface area contributed by atoms with Gasteiger partial charge in [-0.15, -0.1) is 0 Å². The lowest BCUT2D eigenvalue weighted by atomic mass is 9.98. The summed E-state index contributed by atoms with van der Waals surface area (Å²) in [7, 11) is -2.85. The fraction of sp³-hybridized carbons (Fsp3) is 0.184. The molecule has 2 N–H and O–H groups in total. The number of ether oxygens (including phenoxy) is 1. The molecular formula is C38H34NO6P. The SMILES string of the molecule is COC(=O)[C@H](Cc1ccc(O)cc1)NP(=O)(OCC1c2ccccc2-c2ccccc21)OCC1c2ccccc2-c2ccccc21. The summed E-state index contributed by atoms with van der Waals surface area (Å²) in [6.07, 6.45) is 0.147. The number of hydrogen-bond acceptors (Lipinski definition) is 6. The van der Waals surface area contributed by atoms with E-state index in [9.17, 15) is 14.5 Å². The number of hydrogen-bond donors (Lipinski definition) is 2. The molecule has 8 heteroatoms. The van der Waals surface area contributed by atoms with E-state index in [-0.39, 0.29) is 37.2 Å². The van der Waals surface area contributed by atoms with Gasteiger partial charge in [-0.25, -0.2) is 9.65 Å². The standard InChI is InChI=1S/C38H34NO6P/c1-43-38(41)37(22-25-18-20-26(40)21-19-25)39-46(42,44-23-35-31-14-6-2-10-27(31)28-11-3-7-15-32(28)35)45-24-36-33-16-8-4-12-29(33)30-13-5-9-17-34(30)36/h2-21,35-37,40H,22-24H2,1H3,(H,39,42)/t37-/m0/s1. The van der Waals surface area contributed by atoms with Crippen molar-refractivity contribution < 1.29 is 28.3 Å². The molecule has 0 aromatic heterocycles. The lowest BCUT2D eigenvalue weighted by Gasteiger charge is -2.27. The first-order valence-corrected chi connectivity index (χ1v) is 16.9. The molecule has 232 valence electrons. The minimum atomic E-state index is -4.14. The maximum absolute atomic E-state index is 14.8. The van der Waals surface area contributed by atoms with E-state index < -0.39 is 19.8 Å². The Hall–Kier alpha value is -4.52. The first-order chi connectivity index (χ1) is 22.4. The number of nitrogens with one attached hydrogen (secondary N) is 1. The van der Waals surface area contributed by atoms with Crippen molar-refractivity contribution in [3.63, 3.8) is 0 Å². The number of rotatable bonds is 11. The van der Waals surface area contributed by atoms with E-state index in [0.29, 0.717) is 0 Å². The molecule has 5 aromatic rings. The Morgan fingerprint density at radius 1 is 0.674 bits per heavy atom. The molecule has 0 aliphatic heterocycles. The second-order valence-electron chi connectivity index (χ2n) is 11.6. The zero-order chi connectivity index (χ0) is 31.7. The van der Waals surface area contributed by atoms with Gasteiger partial charge >= 0.3 is 13.7 Å². The van der Waals surface area contributed by atoms with Crippen LogP contribution in [0.2, 0.25) is 0 Å². The molecule has 5 aromatic carbocycles. The van der Waals surface area contributed by atoms with Gasteiger partial charge in [0, 0.05) is 11.8 Å². The first kappa shape index (κ1) is 30.2. The zero-order valence-corrected chi connectivity index (χ0v) is 26.2. The second-order valence-corrected chi connectivity index (χ2v) is 13.4. The number of fused-ring (bicyclic) bond motifs is 6. The van der Waals surface area contributed by atoms with Crippen LogP contribution < -0.4 is 5.09 Å². The fourth-order valence-electron chi connectivity index (χ4n) is 6.72. The van der Waals surface area contributed by atoms with E-state index in [1.54, 1.807) is 24.3 Å². The lowest BCUT2D eigenvalue weighted by molar-refractivity contribution is -0.142. The van der Waals surface area contributed by atoms with E-state index in [0.717, 1.165) is 50.1 Å². The number of esters is 1. The Labute approximate surface area is 268 Å². The summed E-state index contributed by atoms with van der Waals surface area (Å²) in [5, 5.41) is 12.7. The molecule has 7 rings (SSSR count). The van der Waals surface area contributed by atoms with Gasteiger partial charge in [-0.2, -0.15) is 0 Å². The topological polar surface area (TPSA) is 94.1 Å². The predicted octanol–water partition coefficient (Wildman–Crippen LogP) is 7.83. The van der Waals surface area contributed by atoms with Gasteiger partial charge in [0.25, 0.3) is 0 Å². The Bertz CT molecular complexity index is 1750. The number of methoxy groups -OCH3 is 1. The number of carbonyl (C=O) groups excluding carboxylic acids is 1. The van der Waals surface area contributed by atoms with Gasteiger partial charge in [0.15, 0.2) is 0 Å². The Morgan fingerprint density at radius 2 is 1.07 bits per heavy atom. The van der Waals surface area contributed by atoms with Gasteiger partial charge in [-0.3, -0.25) is 13.8 Å². The van der Waals surface area contributed by atoms with Gasteiger partial charge in [0.2, 0.25) is 0 Å². The Morgan fingerprint density at radius 3 is 1.46 bits per heavy atom. The van der Waals surface area contributed by atoms with Crippen LogP contribution in [-0.2, 0) is 29.6 Å². The fourth-order valence-corrected chi connectivity index (χ4v) is 8.21. The van der Waals surface area contributed by atoms with Gasteiger partial charge in [-0.1, -0.05) is 109 Å². The van der Waals surface area contributed by atoms with Crippen LogP contribution in [0, 0.1) is 0 Å². The molecular weight excluding hydrogens is 597 g/mol. The van der Waals surface area contributed by atoms with Crippen LogP contribution in [0.5, 0.6) is 5.75 Å². The van der Waals surface area contributed by atoms with Gasteiger partial charge in [0.05, 0.1) is 20.3 Å². The summed E-state index contributed by atoms with van der Waals surface area (Å²) < 4.78 is 32.6. The highest BCUT2D eigenvalue weighted by atomic mass is 31.2. The van der Waals surface area contributed by atoms with Gasteiger partial charge in [0.1, 0.15) is 11.8 Å². The van der Waals surface area contributed by atoms with E-state index in [4.69, 9.17) is 13.8 Å². The average Bonchev–Trinajstić information content (AvgIpc) is 3.59. The first-order valence-electron chi connectivity index (χ1n) is 15.3. The predicted molar refractivity (Wildman–Crippen MR) is 178 cm³/mol. The lowest BCUT2D eigenvalue weighted by Crippen LogP contribution is -2.38. The van der Waals surface area contributed by atoms with Gasteiger partial charge in [-0.05, 0) is 68.6 Å². The molecule has 1 atom stereocenters. The molecule has 0 bridgehead atoms. The number of phenols is 1. The van der Waals surface area contributed by atoms with Crippen LogP contribution in [0.25, 0.3) is 22.3 Å². The molecule has 0 saturated heterocycles. The Balaban J connectivity index is 1.20. The van der Waals surface area contributed by atoms with Crippen molar-refractivity contribution in [2.75, 3.05) is 20.3 Å². The van der Waals surface area contributed by atoms with E-state index >= 15 is 0 Å². The molecule has 2 aliphatic rings. The van der Waals surface area contributed by atoms with Crippen LogP contribution in [-0.4, -0.2) is 37.4 Å². The minimum absolute atomic E-state index is 0.0727. The minimum Gasteiger partial charge on any atom is -0.508 e. The average molecular weight is 632 g/mol. The molecule has 2 aliphatic carbocycles. The monoisotopic (exact) mass is 631 g/mol. The molecule has 0 radical (unpaired) electrons. The van der Waals surface area contributed by atoms with Crippen molar-refractivity contribution in [3.05, 3.63) is 149 Å². The number of benzene rings is 5. The van der Waals surface area contributed by atoms with Crippen LogP contribution in [0.15, 0.2) is 121 Å². The number of aromatic hydroxyl groups is 1. The van der Waals surface area contributed by atoms with Crippen molar-refractivity contribution in [1.82, 2.24) is 5.09 Å². The van der Waals surface area contributed by atoms with Crippen molar-refractivity contribution >= 4 is 13.7 Å². The third kappa shape index (κ3) is 5.79. The van der Waals surface area contributed by atoms with Crippen molar-refractivity contribution in [1.29, 1.82) is 0 Å². The third-order valence-electron chi connectivity index (χ3n) is 8.92. The van der Waals surface area contributed by atoms with E-state index in [1.807, 2.05) is 48.5 Å². The molecule has 7 nitrogen and oxygen atoms in total. The second kappa shape index (κ2) is 12.7. The molecule has 0 saturated carbocycles.